The molecular formula is C20H17F3N4O. The van der Waals surface area contributed by atoms with Crippen molar-refractivity contribution in [3.8, 4) is 0 Å². The van der Waals surface area contributed by atoms with E-state index in [-0.39, 0.29) is 5.82 Å². The molecule has 0 saturated carbocycles. The van der Waals surface area contributed by atoms with Gasteiger partial charge in [-0.1, -0.05) is 24.3 Å². The second-order valence-electron chi connectivity index (χ2n) is 6.58. The Morgan fingerprint density at radius 2 is 1.54 bits per heavy atom. The molecule has 0 aliphatic carbocycles. The van der Waals surface area contributed by atoms with Crippen LogP contribution in [0.3, 0.4) is 0 Å². The first-order valence-corrected chi connectivity index (χ1v) is 8.93. The lowest BCUT2D eigenvalue weighted by Crippen LogP contribution is -2.24. The molecule has 2 aromatic carbocycles. The minimum Gasteiger partial charge on any atom is -0.354 e. The molecule has 0 radical (unpaired) electrons. The van der Waals surface area contributed by atoms with E-state index in [1.54, 1.807) is 12.1 Å². The zero-order chi connectivity index (χ0) is 19.7. The van der Waals surface area contributed by atoms with Gasteiger partial charge in [-0.25, -0.2) is 9.97 Å². The van der Waals surface area contributed by atoms with E-state index >= 15 is 0 Å². The highest BCUT2D eigenvalue weighted by molar-refractivity contribution is 6.06. The minimum atomic E-state index is -4.62. The van der Waals surface area contributed by atoms with Crippen molar-refractivity contribution in [1.29, 1.82) is 0 Å². The number of halogens is 3. The average molecular weight is 386 g/mol. The molecule has 4 rings (SSSR count). The Morgan fingerprint density at radius 3 is 2.21 bits per heavy atom. The number of para-hydroxylation sites is 2. The zero-order valence-electron chi connectivity index (χ0n) is 14.8. The Morgan fingerprint density at radius 1 is 0.929 bits per heavy atom. The molecule has 0 atom stereocenters. The maximum atomic E-state index is 13.3. The molecule has 1 aliphatic rings. The highest BCUT2D eigenvalue weighted by Gasteiger charge is 2.35. The van der Waals surface area contributed by atoms with Gasteiger partial charge in [0.1, 0.15) is 0 Å². The van der Waals surface area contributed by atoms with Crippen molar-refractivity contribution < 1.29 is 18.0 Å². The lowest BCUT2D eigenvalue weighted by Gasteiger charge is -2.20. The van der Waals surface area contributed by atoms with Crippen molar-refractivity contribution in [3.63, 3.8) is 0 Å². The van der Waals surface area contributed by atoms with Crippen LogP contribution in [0.2, 0.25) is 0 Å². The Balaban J connectivity index is 1.75. The molecule has 8 heteroatoms. The van der Waals surface area contributed by atoms with Crippen LogP contribution in [0.1, 0.15) is 28.8 Å². The number of nitrogens with one attached hydrogen (secondary N) is 1. The van der Waals surface area contributed by atoms with Crippen molar-refractivity contribution in [2.24, 2.45) is 0 Å². The monoisotopic (exact) mass is 386 g/mol. The molecule has 0 spiro atoms. The third-order valence-electron chi connectivity index (χ3n) is 4.67. The van der Waals surface area contributed by atoms with Crippen LogP contribution in [0.15, 0.2) is 48.5 Å². The van der Waals surface area contributed by atoms with Gasteiger partial charge in [0.05, 0.1) is 22.2 Å². The van der Waals surface area contributed by atoms with Crippen molar-refractivity contribution in [3.05, 3.63) is 59.7 Å². The predicted octanol–water partition coefficient (Wildman–Crippen LogP) is 4.50. The largest absolute Gasteiger partial charge is 0.417 e. The number of nitrogens with zero attached hydrogens (tertiary/aromatic N) is 3. The number of anilines is 2. The highest BCUT2D eigenvalue weighted by Crippen LogP contribution is 2.33. The van der Waals surface area contributed by atoms with Gasteiger partial charge in [0, 0.05) is 13.1 Å². The number of carbonyl (C=O) groups is 1. The average Bonchev–Trinajstić information content (AvgIpc) is 3.21. The van der Waals surface area contributed by atoms with Gasteiger partial charge < -0.3 is 10.2 Å². The number of hydrogen-bond donors (Lipinski definition) is 1. The molecule has 1 aromatic heterocycles. The van der Waals surface area contributed by atoms with Gasteiger partial charge >= 0.3 is 6.18 Å². The number of hydrogen-bond acceptors (Lipinski definition) is 4. The Hall–Kier alpha value is -3.16. The topological polar surface area (TPSA) is 58.1 Å². The molecule has 28 heavy (non-hydrogen) atoms. The molecule has 1 saturated heterocycles. The first kappa shape index (κ1) is 18.2. The van der Waals surface area contributed by atoms with E-state index < -0.39 is 23.2 Å². The van der Waals surface area contributed by atoms with Crippen LogP contribution < -0.4 is 10.2 Å². The molecule has 1 fully saturated rings. The van der Waals surface area contributed by atoms with Crippen LogP contribution in [-0.4, -0.2) is 29.0 Å². The quantitative estimate of drug-likeness (QED) is 0.720. The molecule has 5 nitrogen and oxygen atoms in total. The van der Waals surface area contributed by atoms with Crippen molar-refractivity contribution in [2.45, 2.75) is 19.0 Å². The number of carbonyl (C=O) groups excluding carboxylic acids is 1. The number of alkyl halides is 3. The van der Waals surface area contributed by atoms with Gasteiger partial charge in [0.15, 0.2) is 11.6 Å². The summed E-state index contributed by atoms with van der Waals surface area (Å²) in [4.78, 5) is 23.7. The van der Waals surface area contributed by atoms with Gasteiger partial charge in [-0.2, -0.15) is 13.2 Å². The fourth-order valence-corrected chi connectivity index (χ4v) is 3.33. The summed E-state index contributed by atoms with van der Waals surface area (Å²) in [5.41, 5.74) is -0.204. The molecule has 1 aliphatic heterocycles. The molecule has 1 N–H and O–H groups in total. The van der Waals surface area contributed by atoms with Crippen LogP contribution in [0.4, 0.5) is 24.8 Å². The van der Waals surface area contributed by atoms with Crippen LogP contribution in [0, 0.1) is 0 Å². The Bertz CT molecular complexity index is 1030. The van der Waals surface area contributed by atoms with Crippen LogP contribution in [0.25, 0.3) is 11.0 Å². The number of fused-ring (bicyclic) bond motifs is 1. The van der Waals surface area contributed by atoms with Gasteiger partial charge in [-0.15, -0.1) is 0 Å². The van der Waals surface area contributed by atoms with E-state index in [0.29, 0.717) is 16.9 Å². The molecule has 0 unspecified atom stereocenters. The summed E-state index contributed by atoms with van der Waals surface area (Å²) in [5.74, 6) is -0.213. The van der Waals surface area contributed by atoms with Gasteiger partial charge in [-0.3, -0.25) is 4.79 Å². The standard InChI is InChI=1S/C20H17F3N4O/c21-20(22,23)14-8-2-1-7-13(14)19(28)26-17-18(27-11-5-6-12-27)25-16-10-4-3-9-15(16)24-17/h1-4,7-10H,5-6,11-12H2,(H,24,26,28). The van der Waals surface area contributed by atoms with E-state index in [4.69, 9.17) is 0 Å². The van der Waals surface area contributed by atoms with Gasteiger partial charge in [-0.05, 0) is 37.1 Å². The highest BCUT2D eigenvalue weighted by atomic mass is 19.4. The molecule has 2 heterocycles. The summed E-state index contributed by atoms with van der Waals surface area (Å²) in [6.45, 7) is 1.52. The molecular weight excluding hydrogens is 369 g/mol. The zero-order valence-corrected chi connectivity index (χ0v) is 14.8. The lowest BCUT2D eigenvalue weighted by atomic mass is 10.1. The summed E-state index contributed by atoms with van der Waals surface area (Å²) in [6, 6.07) is 11.9. The number of rotatable bonds is 3. The summed E-state index contributed by atoms with van der Waals surface area (Å²) in [7, 11) is 0. The maximum absolute atomic E-state index is 13.3. The molecule has 1 amide bonds. The van der Waals surface area contributed by atoms with E-state index in [1.807, 2.05) is 17.0 Å². The van der Waals surface area contributed by atoms with E-state index in [2.05, 4.69) is 15.3 Å². The molecule has 0 bridgehead atoms. The van der Waals surface area contributed by atoms with Crippen LogP contribution in [0.5, 0.6) is 0 Å². The third-order valence-corrected chi connectivity index (χ3v) is 4.67. The number of amides is 1. The van der Waals surface area contributed by atoms with Crippen molar-refractivity contribution >= 4 is 28.6 Å². The summed E-state index contributed by atoms with van der Waals surface area (Å²) < 4.78 is 39.8. The second-order valence-corrected chi connectivity index (χ2v) is 6.58. The smallest absolute Gasteiger partial charge is 0.354 e. The maximum Gasteiger partial charge on any atom is 0.417 e. The van der Waals surface area contributed by atoms with Gasteiger partial charge in [0.25, 0.3) is 5.91 Å². The normalized spacial score (nSPS) is 14.5. The Kier molecular flexibility index (Phi) is 4.62. The lowest BCUT2D eigenvalue weighted by molar-refractivity contribution is -0.137. The third kappa shape index (κ3) is 3.49. The van der Waals surface area contributed by atoms with Crippen molar-refractivity contribution in [2.75, 3.05) is 23.3 Å². The van der Waals surface area contributed by atoms with E-state index in [1.165, 1.54) is 12.1 Å². The fraction of sp³-hybridized carbons (Fsp3) is 0.250. The van der Waals surface area contributed by atoms with Crippen LogP contribution in [-0.2, 0) is 6.18 Å². The van der Waals surface area contributed by atoms with Crippen LogP contribution >= 0.6 is 0 Å². The SMILES string of the molecule is O=C(Nc1nc2ccccc2nc1N1CCCC1)c1ccccc1C(F)(F)F. The number of aromatic nitrogens is 2. The first-order valence-electron chi connectivity index (χ1n) is 8.93. The fourth-order valence-electron chi connectivity index (χ4n) is 3.33. The van der Waals surface area contributed by atoms with Gasteiger partial charge in [0.2, 0.25) is 0 Å². The summed E-state index contributed by atoms with van der Waals surface area (Å²) in [5, 5.41) is 2.55. The van der Waals surface area contributed by atoms with Crippen molar-refractivity contribution in [1.82, 2.24) is 9.97 Å². The second kappa shape index (κ2) is 7.10. The first-order chi connectivity index (χ1) is 13.4. The predicted molar refractivity (Wildman–Crippen MR) is 100 cm³/mol. The molecule has 3 aromatic rings. The number of benzene rings is 2. The summed E-state index contributed by atoms with van der Waals surface area (Å²) >= 11 is 0. The Labute approximate surface area is 159 Å². The summed E-state index contributed by atoms with van der Waals surface area (Å²) in [6.07, 6.45) is -2.65. The van der Waals surface area contributed by atoms with E-state index in [0.717, 1.165) is 38.1 Å². The molecule has 144 valence electrons. The minimum absolute atomic E-state index is 0.169. The van der Waals surface area contributed by atoms with E-state index in [9.17, 15) is 18.0 Å².